The van der Waals surface area contributed by atoms with Crippen molar-refractivity contribution in [3.8, 4) is 0 Å². The summed E-state index contributed by atoms with van der Waals surface area (Å²) < 4.78 is 25.9. The number of hydrogen-bond acceptors (Lipinski definition) is 7. The van der Waals surface area contributed by atoms with E-state index in [2.05, 4.69) is 36.9 Å². The molecule has 1 aromatic heterocycles. The van der Waals surface area contributed by atoms with Crippen LogP contribution in [0.25, 0.3) is 0 Å². The molecular formula is C39H46BrFN6O4Si. The number of anilines is 2. The Bertz CT molecular complexity index is 1920. The highest BCUT2D eigenvalue weighted by atomic mass is 79.9. The zero-order valence-corrected chi connectivity index (χ0v) is 32.4. The average molecular weight is 790 g/mol. The summed E-state index contributed by atoms with van der Waals surface area (Å²) >= 11 is 3.62. The van der Waals surface area contributed by atoms with Gasteiger partial charge in [0.25, 0.3) is 5.91 Å². The van der Waals surface area contributed by atoms with Gasteiger partial charge >= 0.3 is 0 Å². The van der Waals surface area contributed by atoms with E-state index in [1.54, 1.807) is 22.7 Å². The molecule has 0 bridgehead atoms. The molecule has 3 aliphatic heterocycles. The Labute approximate surface area is 313 Å². The molecule has 3 aliphatic rings. The van der Waals surface area contributed by atoms with E-state index in [1.807, 2.05) is 85.9 Å². The highest BCUT2D eigenvalue weighted by Gasteiger charge is 2.66. The van der Waals surface area contributed by atoms with Crippen molar-refractivity contribution in [1.82, 2.24) is 20.3 Å². The predicted octanol–water partition coefficient (Wildman–Crippen LogP) is 6.52. The van der Waals surface area contributed by atoms with Crippen LogP contribution in [0.2, 0.25) is 18.6 Å². The molecule has 10 nitrogen and oxygen atoms in total. The van der Waals surface area contributed by atoms with Crippen LogP contribution in [0.5, 0.6) is 0 Å². The molecule has 4 heterocycles. The number of carbonyl (C=O) groups excluding carboxylic acids is 2. The maximum Gasteiger partial charge on any atom is 0.264 e. The number of piperidine rings is 1. The van der Waals surface area contributed by atoms with Gasteiger partial charge in [0, 0.05) is 46.5 Å². The first-order chi connectivity index (χ1) is 25.0. The molecule has 2 unspecified atom stereocenters. The molecule has 13 heteroatoms. The topological polar surface area (TPSA) is 122 Å². The molecule has 52 heavy (non-hydrogen) atoms. The number of carbonyl (C=O) groups is 2. The van der Waals surface area contributed by atoms with E-state index in [9.17, 15) is 14.7 Å². The Balaban J connectivity index is 1.14. The summed E-state index contributed by atoms with van der Waals surface area (Å²) in [7, 11) is -3.37. The minimum absolute atomic E-state index is 0.00876. The molecule has 1 spiro atoms. The molecule has 3 N–H and O–H groups in total. The quantitative estimate of drug-likeness (QED) is 0.117. The van der Waals surface area contributed by atoms with Crippen LogP contribution >= 0.6 is 15.9 Å². The van der Waals surface area contributed by atoms with Gasteiger partial charge in [-0.1, -0.05) is 70.5 Å². The first kappa shape index (κ1) is 36.6. The normalized spacial score (nSPS) is 25.0. The van der Waals surface area contributed by atoms with E-state index in [0.717, 1.165) is 46.2 Å². The molecule has 274 valence electrons. The van der Waals surface area contributed by atoms with Gasteiger partial charge in [-0.3, -0.25) is 14.3 Å². The number of amides is 2. The van der Waals surface area contributed by atoms with Crippen LogP contribution in [0.3, 0.4) is 0 Å². The maximum absolute atomic E-state index is 16.4. The third kappa shape index (κ3) is 7.01. The Hall–Kier alpha value is -3.75. The first-order valence-corrected chi connectivity index (χ1v) is 21.9. The number of aromatic nitrogens is 3. The van der Waals surface area contributed by atoms with E-state index in [-0.39, 0.29) is 36.8 Å². The van der Waals surface area contributed by atoms with Crippen LogP contribution in [0.1, 0.15) is 54.5 Å². The third-order valence-electron chi connectivity index (χ3n) is 11.1. The fraction of sp³-hybridized carbons (Fsp3) is 0.436. The highest BCUT2D eigenvalue weighted by molar-refractivity contribution is 9.10. The standard InChI is InChI=1S/C39H46BrFN6O4Si/c1-25-36(52(2,3)41)35(16-18-46-23-33(44-45-46)31(24-48)27-10-5-4-6-11-27)51-39(25)32-20-29(40)14-15-34(32)47(38(39)50)22-26-9-7-13-30(19-26)43-37(49)28-12-8-17-42-21-28/h4-7,9-11,13-15,19-20,23,25,28,31,35-36,42,48H,8,12,16-18,21-22,24H2,1-3H3,(H,43,49)/t25-,28?,31?,35+,36-,39+/m1/s1. The minimum Gasteiger partial charge on any atom is -0.395 e. The number of rotatable bonds is 11. The van der Waals surface area contributed by atoms with E-state index in [0.29, 0.717) is 30.9 Å². The molecule has 7 rings (SSSR count). The van der Waals surface area contributed by atoms with E-state index < -0.39 is 31.6 Å². The zero-order valence-electron chi connectivity index (χ0n) is 29.8. The first-order valence-electron chi connectivity index (χ1n) is 18.1. The molecular weight excluding hydrogens is 743 g/mol. The fourth-order valence-electron chi connectivity index (χ4n) is 8.59. The largest absolute Gasteiger partial charge is 0.395 e. The van der Waals surface area contributed by atoms with Crippen LogP contribution in [0.15, 0.2) is 83.5 Å². The number of benzene rings is 3. The van der Waals surface area contributed by atoms with Gasteiger partial charge in [0.2, 0.25) is 14.3 Å². The molecule has 0 radical (unpaired) electrons. The summed E-state index contributed by atoms with van der Waals surface area (Å²) in [6.45, 7) is 7.52. The van der Waals surface area contributed by atoms with E-state index in [4.69, 9.17) is 4.74 Å². The number of aliphatic hydroxyl groups excluding tert-OH is 1. The van der Waals surface area contributed by atoms with Crippen molar-refractivity contribution in [1.29, 1.82) is 0 Å². The SMILES string of the molecule is C[C@@H]1[C@@H]([Si](C)(C)F)[C@H](CCn2cc(C(CO)c3ccccc3)nn2)O[C@@]12C(=O)N(Cc1cccc(NC(=O)C3CCCNC3)c1)c1ccc(Br)cc12. The summed E-state index contributed by atoms with van der Waals surface area (Å²) in [6.07, 6.45) is 3.54. The van der Waals surface area contributed by atoms with Crippen molar-refractivity contribution in [2.45, 2.75) is 75.5 Å². The Kier molecular flexibility index (Phi) is 10.5. The molecule has 0 aliphatic carbocycles. The van der Waals surface area contributed by atoms with Crippen LogP contribution in [-0.4, -0.2) is 66.1 Å². The van der Waals surface area contributed by atoms with Crippen LogP contribution < -0.4 is 15.5 Å². The lowest BCUT2D eigenvalue weighted by molar-refractivity contribution is -0.146. The van der Waals surface area contributed by atoms with Crippen LogP contribution in [0, 0.1) is 11.8 Å². The second-order valence-electron chi connectivity index (χ2n) is 14.9. The molecule has 6 atom stereocenters. The number of aliphatic hydroxyl groups is 1. The lowest BCUT2D eigenvalue weighted by atomic mass is 9.82. The Morgan fingerprint density at radius 1 is 1.17 bits per heavy atom. The number of nitrogens with one attached hydrogen (secondary N) is 2. The van der Waals surface area contributed by atoms with Crippen LogP contribution in [0.4, 0.5) is 15.5 Å². The molecule has 4 aromatic rings. The Morgan fingerprint density at radius 3 is 2.71 bits per heavy atom. The second-order valence-corrected chi connectivity index (χ2v) is 19.6. The van der Waals surface area contributed by atoms with Gasteiger partial charge in [-0.25, -0.2) is 0 Å². The third-order valence-corrected chi connectivity index (χ3v) is 14.0. The summed E-state index contributed by atoms with van der Waals surface area (Å²) in [5.41, 5.74) is 2.77. The molecule has 2 saturated heterocycles. The molecule has 3 aromatic carbocycles. The summed E-state index contributed by atoms with van der Waals surface area (Å²) in [5.74, 6) is -1.04. The van der Waals surface area contributed by atoms with Crippen molar-refractivity contribution in [3.05, 3.63) is 106 Å². The smallest absolute Gasteiger partial charge is 0.264 e. The average Bonchev–Trinajstić information content (AvgIpc) is 3.79. The molecule has 2 fully saturated rings. The summed E-state index contributed by atoms with van der Waals surface area (Å²) in [4.78, 5) is 29.6. The number of nitrogens with zero attached hydrogens (tertiary/aromatic N) is 4. The molecule has 0 saturated carbocycles. The second kappa shape index (κ2) is 14.9. The monoisotopic (exact) mass is 788 g/mol. The summed E-state index contributed by atoms with van der Waals surface area (Å²) in [6, 6.07) is 23.1. The number of ether oxygens (including phenoxy) is 1. The van der Waals surface area contributed by atoms with Gasteiger partial charge in [-0.15, -0.1) is 5.10 Å². The van der Waals surface area contributed by atoms with Crippen molar-refractivity contribution in [2.75, 3.05) is 29.9 Å². The number of fused-ring (bicyclic) bond motifs is 2. The lowest BCUT2D eigenvalue weighted by Crippen LogP contribution is -2.45. The minimum atomic E-state index is -3.37. The van der Waals surface area contributed by atoms with E-state index >= 15 is 4.11 Å². The van der Waals surface area contributed by atoms with Gasteiger partial charge in [-0.2, -0.15) is 0 Å². The van der Waals surface area contributed by atoms with Crippen molar-refractivity contribution in [3.63, 3.8) is 0 Å². The van der Waals surface area contributed by atoms with Crippen molar-refractivity contribution >= 4 is 47.5 Å². The van der Waals surface area contributed by atoms with Gasteiger partial charge in [0.1, 0.15) is 0 Å². The van der Waals surface area contributed by atoms with Crippen molar-refractivity contribution in [2.24, 2.45) is 11.8 Å². The number of hydrogen-bond donors (Lipinski definition) is 3. The van der Waals surface area contributed by atoms with Gasteiger partial charge in [0.05, 0.1) is 42.5 Å². The van der Waals surface area contributed by atoms with Crippen LogP contribution in [-0.2, 0) is 33.0 Å². The van der Waals surface area contributed by atoms with Gasteiger partial charge in [0.15, 0.2) is 5.60 Å². The molecule has 2 amide bonds. The summed E-state index contributed by atoms with van der Waals surface area (Å²) in [5, 5.41) is 25.2. The maximum atomic E-state index is 16.4. The fourth-order valence-corrected chi connectivity index (χ4v) is 11.5. The Morgan fingerprint density at radius 2 is 1.98 bits per heavy atom. The zero-order chi connectivity index (χ0) is 36.6. The predicted molar refractivity (Wildman–Crippen MR) is 204 cm³/mol. The highest BCUT2D eigenvalue weighted by Crippen LogP contribution is 2.60. The van der Waals surface area contributed by atoms with E-state index in [1.165, 1.54) is 0 Å². The number of aryl methyl sites for hydroxylation is 1. The van der Waals surface area contributed by atoms with Crippen molar-refractivity contribution < 1.29 is 23.5 Å². The lowest BCUT2D eigenvalue weighted by Gasteiger charge is -2.31. The van der Waals surface area contributed by atoms with Gasteiger partial charge in [-0.05, 0) is 80.4 Å². The number of halogens is 2. The van der Waals surface area contributed by atoms with Gasteiger partial charge < -0.3 is 29.5 Å².